The van der Waals surface area contributed by atoms with Crippen molar-refractivity contribution in [3.8, 4) is 6.07 Å². The Bertz CT molecular complexity index is 450. The van der Waals surface area contributed by atoms with Crippen LogP contribution in [0.5, 0.6) is 0 Å². The molecule has 18 heavy (non-hydrogen) atoms. The third kappa shape index (κ3) is 2.85. The average molecular weight is 309 g/mol. The summed E-state index contributed by atoms with van der Waals surface area (Å²) in [5.74, 6) is 0. The summed E-state index contributed by atoms with van der Waals surface area (Å²) in [6.07, 6.45) is 4.90. The minimum absolute atomic E-state index is 0.156. The molecule has 1 N–H and O–H groups in total. The van der Waals surface area contributed by atoms with Crippen molar-refractivity contribution in [2.45, 2.75) is 31.7 Å². The van der Waals surface area contributed by atoms with Crippen LogP contribution >= 0.6 is 15.9 Å². The first kappa shape index (κ1) is 13.4. The van der Waals surface area contributed by atoms with Gasteiger partial charge in [0.15, 0.2) is 0 Å². The molecule has 0 spiro atoms. The van der Waals surface area contributed by atoms with Crippen LogP contribution in [0.25, 0.3) is 0 Å². The zero-order chi connectivity index (χ0) is 13.0. The number of anilines is 1. The zero-order valence-electron chi connectivity index (χ0n) is 10.3. The normalized spacial score (nSPS) is 15.6. The highest BCUT2D eigenvalue weighted by atomic mass is 79.9. The molecular weight excluding hydrogens is 292 g/mol. The highest BCUT2D eigenvalue weighted by molar-refractivity contribution is 9.10. The number of nitriles is 1. The summed E-state index contributed by atoms with van der Waals surface area (Å²) >= 11 is 3.53. The Balaban J connectivity index is 2.27. The van der Waals surface area contributed by atoms with Gasteiger partial charge in [0.2, 0.25) is 0 Å². The SMILES string of the molecule is N#Cc1ccc(N(CCO)C2CCCC2)c(Br)c1. The summed E-state index contributed by atoms with van der Waals surface area (Å²) in [6, 6.07) is 8.30. The predicted octanol–water partition coefficient (Wildman–Crippen LogP) is 3.06. The fraction of sp³-hybridized carbons (Fsp3) is 0.500. The molecule has 0 unspecified atom stereocenters. The van der Waals surface area contributed by atoms with E-state index < -0.39 is 0 Å². The van der Waals surface area contributed by atoms with Crippen molar-refractivity contribution < 1.29 is 5.11 Å². The van der Waals surface area contributed by atoms with Gasteiger partial charge in [-0.2, -0.15) is 5.26 Å². The largest absolute Gasteiger partial charge is 0.395 e. The van der Waals surface area contributed by atoms with E-state index in [0.29, 0.717) is 18.2 Å². The Morgan fingerprint density at radius 3 is 2.67 bits per heavy atom. The van der Waals surface area contributed by atoms with Gasteiger partial charge >= 0.3 is 0 Å². The van der Waals surface area contributed by atoms with Crippen molar-refractivity contribution in [2.75, 3.05) is 18.1 Å². The molecule has 1 saturated carbocycles. The lowest BCUT2D eigenvalue weighted by molar-refractivity contribution is 0.297. The molecule has 1 aromatic rings. The van der Waals surface area contributed by atoms with E-state index in [1.165, 1.54) is 25.7 Å². The zero-order valence-corrected chi connectivity index (χ0v) is 11.9. The van der Waals surface area contributed by atoms with Gasteiger partial charge in [0.1, 0.15) is 0 Å². The van der Waals surface area contributed by atoms with E-state index >= 15 is 0 Å². The highest BCUT2D eigenvalue weighted by Gasteiger charge is 2.23. The first-order valence-corrected chi connectivity index (χ1v) is 7.12. The maximum Gasteiger partial charge on any atom is 0.0992 e. The van der Waals surface area contributed by atoms with Crippen LogP contribution in [0.4, 0.5) is 5.69 Å². The van der Waals surface area contributed by atoms with Crippen molar-refractivity contribution in [1.82, 2.24) is 0 Å². The molecule has 2 rings (SSSR count). The molecule has 1 fully saturated rings. The number of rotatable bonds is 4. The monoisotopic (exact) mass is 308 g/mol. The standard InChI is InChI=1S/C14H17BrN2O/c15-13-9-11(10-16)5-6-14(13)17(7-8-18)12-3-1-2-4-12/h5-6,9,12,18H,1-4,7-8H2. The summed E-state index contributed by atoms with van der Waals surface area (Å²) < 4.78 is 0.932. The summed E-state index contributed by atoms with van der Waals surface area (Å²) in [5.41, 5.74) is 1.73. The lowest BCUT2D eigenvalue weighted by Gasteiger charge is -2.31. The highest BCUT2D eigenvalue weighted by Crippen LogP contribution is 2.33. The van der Waals surface area contributed by atoms with Gasteiger partial charge in [0.05, 0.1) is 23.9 Å². The Morgan fingerprint density at radius 2 is 2.11 bits per heavy atom. The number of halogens is 1. The molecular formula is C14H17BrN2O. The molecule has 0 heterocycles. The maximum absolute atomic E-state index is 9.24. The summed E-state index contributed by atoms with van der Waals surface area (Å²) in [6.45, 7) is 0.804. The van der Waals surface area contributed by atoms with Crippen molar-refractivity contribution >= 4 is 21.6 Å². The van der Waals surface area contributed by atoms with Gasteiger partial charge in [-0.1, -0.05) is 12.8 Å². The first-order chi connectivity index (χ1) is 8.76. The van der Waals surface area contributed by atoms with Gasteiger partial charge in [-0.05, 0) is 47.0 Å². The Labute approximate surface area is 116 Å². The number of nitrogens with zero attached hydrogens (tertiary/aromatic N) is 2. The van der Waals surface area contributed by atoms with Crippen LogP contribution in [0.2, 0.25) is 0 Å². The van der Waals surface area contributed by atoms with E-state index in [4.69, 9.17) is 5.26 Å². The molecule has 0 radical (unpaired) electrons. The van der Waals surface area contributed by atoms with E-state index in [-0.39, 0.29) is 6.61 Å². The van der Waals surface area contributed by atoms with Crippen LogP contribution in [-0.2, 0) is 0 Å². The molecule has 0 bridgehead atoms. The summed E-state index contributed by atoms with van der Waals surface area (Å²) in [4.78, 5) is 2.26. The molecule has 0 amide bonds. The first-order valence-electron chi connectivity index (χ1n) is 6.33. The second-order valence-corrected chi connectivity index (χ2v) is 5.49. The Morgan fingerprint density at radius 1 is 1.39 bits per heavy atom. The number of benzene rings is 1. The third-order valence-electron chi connectivity index (χ3n) is 3.49. The van der Waals surface area contributed by atoms with Gasteiger partial charge in [-0.25, -0.2) is 0 Å². The maximum atomic E-state index is 9.24. The molecule has 0 atom stereocenters. The Kier molecular flexibility index (Phi) is 4.62. The van der Waals surface area contributed by atoms with Crippen molar-refractivity contribution in [1.29, 1.82) is 5.26 Å². The van der Waals surface area contributed by atoms with Gasteiger partial charge < -0.3 is 10.0 Å². The predicted molar refractivity (Wildman–Crippen MR) is 75.5 cm³/mol. The lowest BCUT2D eigenvalue weighted by Crippen LogP contribution is -2.35. The van der Waals surface area contributed by atoms with Crippen molar-refractivity contribution in [2.24, 2.45) is 0 Å². The number of aliphatic hydroxyl groups is 1. The molecule has 0 aromatic heterocycles. The summed E-state index contributed by atoms with van der Waals surface area (Å²) in [7, 11) is 0. The van der Waals surface area contributed by atoms with Crippen molar-refractivity contribution in [3.63, 3.8) is 0 Å². The second kappa shape index (κ2) is 6.21. The molecule has 3 nitrogen and oxygen atoms in total. The minimum atomic E-state index is 0.156. The van der Waals surface area contributed by atoms with Gasteiger partial charge in [-0.3, -0.25) is 0 Å². The molecule has 4 heteroatoms. The molecule has 0 aliphatic heterocycles. The topological polar surface area (TPSA) is 47.3 Å². The second-order valence-electron chi connectivity index (χ2n) is 4.63. The minimum Gasteiger partial charge on any atom is -0.395 e. The average Bonchev–Trinajstić information content (AvgIpc) is 2.90. The fourth-order valence-electron chi connectivity index (χ4n) is 2.63. The molecule has 1 aliphatic rings. The van der Waals surface area contributed by atoms with Crippen LogP contribution in [-0.4, -0.2) is 24.3 Å². The molecule has 96 valence electrons. The number of hydrogen-bond donors (Lipinski definition) is 1. The lowest BCUT2D eigenvalue weighted by atomic mass is 10.1. The van der Waals surface area contributed by atoms with E-state index in [0.717, 1.165) is 10.2 Å². The van der Waals surface area contributed by atoms with Crippen LogP contribution < -0.4 is 4.90 Å². The van der Waals surface area contributed by atoms with Crippen LogP contribution in [0.15, 0.2) is 22.7 Å². The van der Waals surface area contributed by atoms with E-state index in [9.17, 15) is 5.11 Å². The smallest absolute Gasteiger partial charge is 0.0992 e. The van der Waals surface area contributed by atoms with E-state index in [1.54, 1.807) is 0 Å². The van der Waals surface area contributed by atoms with E-state index in [2.05, 4.69) is 26.9 Å². The third-order valence-corrected chi connectivity index (χ3v) is 4.13. The van der Waals surface area contributed by atoms with Crippen LogP contribution in [0.1, 0.15) is 31.2 Å². The number of aliphatic hydroxyl groups excluding tert-OH is 1. The summed E-state index contributed by atoms with van der Waals surface area (Å²) in [5, 5.41) is 18.1. The number of hydrogen-bond acceptors (Lipinski definition) is 3. The van der Waals surface area contributed by atoms with Crippen LogP contribution in [0, 0.1) is 11.3 Å². The fourth-order valence-corrected chi connectivity index (χ4v) is 3.24. The Hall–Kier alpha value is -1.05. The van der Waals surface area contributed by atoms with Gasteiger partial charge in [-0.15, -0.1) is 0 Å². The van der Waals surface area contributed by atoms with Crippen LogP contribution in [0.3, 0.4) is 0 Å². The van der Waals surface area contributed by atoms with E-state index in [1.807, 2.05) is 18.2 Å². The molecule has 0 saturated heterocycles. The molecule has 1 aromatic carbocycles. The quantitative estimate of drug-likeness (QED) is 0.930. The van der Waals surface area contributed by atoms with Crippen molar-refractivity contribution in [3.05, 3.63) is 28.2 Å². The van der Waals surface area contributed by atoms with Gasteiger partial charge in [0, 0.05) is 17.1 Å². The van der Waals surface area contributed by atoms with Gasteiger partial charge in [0.25, 0.3) is 0 Å². The molecule has 1 aliphatic carbocycles.